The Hall–Kier alpha value is -1.11. The molecule has 0 aliphatic rings. The van der Waals surface area contributed by atoms with Gasteiger partial charge in [-0.05, 0) is 0 Å². The van der Waals surface area contributed by atoms with Crippen molar-refractivity contribution in [2.45, 2.75) is 90.4 Å². The van der Waals surface area contributed by atoms with Gasteiger partial charge in [-0.15, -0.1) is 0 Å². The Morgan fingerprint density at radius 1 is 0.762 bits per heavy atom. The van der Waals surface area contributed by atoms with Crippen molar-refractivity contribution in [2.24, 2.45) is 0 Å². The van der Waals surface area contributed by atoms with Crippen LogP contribution in [0.25, 0.3) is 18.5 Å². The molecule has 2 nitrogen and oxygen atoms in total. The van der Waals surface area contributed by atoms with Gasteiger partial charge in [0.1, 0.15) is 0 Å². The molecule has 0 unspecified atom stereocenters. The van der Waals surface area contributed by atoms with Gasteiger partial charge in [0.15, 0.2) is 0 Å². The number of aryl methyl sites for hydroxylation is 1. The number of ether oxygens (including phenoxy) is 1. The number of rotatable bonds is 18. The Balaban J connectivity index is 1.15. The number of methoxy groups -OCH3 is 1. The first kappa shape index (κ1) is 32.3. The van der Waals surface area contributed by atoms with Gasteiger partial charge in [0.25, 0.3) is 0 Å². The van der Waals surface area contributed by atoms with Crippen LogP contribution in [0.5, 0.6) is 5.75 Å². The molecule has 4 aromatic heterocycles. The molecule has 0 atom stereocenters. The first-order chi connectivity index (χ1) is 20.7. The van der Waals surface area contributed by atoms with Crippen molar-refractivity contribution >= 4 is 79.2 Å². The molecular formula is C36H42O2S2Te2. The average molecular weight is 826 g/mol. The van der Waals surface area contributed by atoms with E-state index in [1.54, 1.807) is 29.8 Å². The predicted octanol–water partition coefficient (Wildman–Crippen LogP) is 10.2. The van der Waals surface area contributed by atoms with E-state index in [0.717, 1.165) is 39.8 Å². The van der Waals surface area contributed by atoms with Crippen LogP contribution in [-0.4, -0.2) is 54.3 Å². The molecule has 0 aliphatic carbocycles. The van der Waals surface area contributed by atoms with E-state index in [9.17, 15) is 4.79 Å². The average Bonchev–Trinajstić information content (AvgIpc) is 3.80. The van der Waals surface area contributed by atoms with Gasteiger partial charge in [0, 0.05) is 0 Å². The van der Waals surface area contributed by atoms with Crippen molar-refractivity contribution in [1.82, 2.24) is 0 Å². The van der Waals surface area contributed by atoms with Gasteiger partial charge in [0.2, 0.25) is 0 Å². The first-order valence-electron chi connectivity index (χ1n) is 15.5. The molecule has 6 heteroatoms. The van der Waals surface area contributed by atoms with Gasteiger partial charge in [-0.25, -0.2) is 0 Å². The zero-order valence-corrected chi connectivity index (χ0v) is 31.2. The molecule has 5 rings (SSSR count). The van der Waals surface area contributed by atoms with E-state index in [1.807, 2.05) is 0 Å². The Kier molecular flexibility index (Phi) is 12.9. The zero-order valence-electron chi connectivity index (χ0n) is 24.9. The number of thiophene rings is 2. The Labute approximate surface area is 279 Å². The molecule has 0 aliphatic heterocycles. The van der Waals surface area contributed by atoms with Crippen molar-refractivity contribution in [1.29, 1.82) is 0 Å². The van der Waals surface area contributed by atoms with Crippen molar-refractivity contribution in [2.75, 3.05) is 7.11 Å². The number of benzene rings is 1. The van der Waals surface area contributed by atoms with Gasteiger partial charge < -0.3 is 0 Å². The molecule has 222 valence electrons. The van der Waals surface area contributed by atoms with Crippen molar-refractivity contribution < 1.29 is 9.53 Å². The molecule has 0 radical (unpaired) electrons. The molecular weight excluding hydrogens is 784 g/mol. The fourth-order valence-corrected chi connectivity index (χ4v) is 14.0. The summed E-state index contributed by atoms with van der Waals surface area (Å²) in [5.41, 5.74) is 3.73. The number of unbranched alkanes of at least 4 members (excludes halogenated alkanes) is 9. The summed E-state index contributed by atoms with van der Waals surface area (Å²) in [6.45, 7) is 2.29. The van der Waals surface area contributed by atoms with Crippen LogP contribution in [0.4, 0.5) is 0 Å². The van der Waals surface area contributed by atoms with Crippen LogP contribution in [-0.2, 0) is 19.3 Å². The number of hydrogen-bond donors (Lipinski definition) is 0. The summed E-state index contributed by atoms with van der Waals surface area (Å²) in [5, 5.41) is 0. The maximum atomic E-state index is 12.3. The fraction of sp³-hybridized carbons (Fsp3) is 0.417. The van der Waals surface area contributed by atoms with E-state index < -0.39 is 20.4 Å². The number of carbonyl (C=O) groups is 1. The predicted molar refractivity (Wildman–Crippen MR) is 185 cm³/mol. The summed E-state index contributed by atoms with van der Waals surface area (Å²) in [5.74, 6) is 0.989. The van der Waals surface area contributed by atoms with E-state index in [1.165, 1.54) is 102 Å². The third-order valence-electron chi connectivity index (χ3n) is 7.95. The second-order valence-electron chi connectivity index (χ2n) is 11.1. The summed E-state index contributed by atoms with van der Waals surface area (Å²) in [4.78, 5) is 14.7. The van der Waals surface area contributed by atoms with E-state index in [2.05, 4.69) is 59.5 Å². The van der Waals surface area contributed by atoms with Crippen molar-refractivity contribution in [3.8, 4) is 14.9 Å². The third kappa shape index (κ3) is 8.53. The Morgan fingerprint density at radius 3 is 2.12 bits per heavy atom. The van der Waals surface area contributed by atoms with Crippen LogP contribution in [0, 0.1) is 0 Å². The van der Waals surface area contributed by atoms with Crippen LogP contribution in [0.2, 0.25) is 0 Å². The molecule has 42 heavy (non-hydrogen) atoms. The van der Waals surface area contributed by atoms with Crippen LogP contribution in [0.1, 0.15) is 104 Å². The molecule has 4 heterocycles. The molecule has 0 N–H and O–H groups in total. The van der Waals surface area contributed by atoms with Gasteiger partial charge >= 0.3 is 249 Å². The number of hydrogen-bond acceptors (Lipinski definition) is 4. The first-order valence-corrected chi connectivity index (χ1v) is 21.9. The van der Waals surface area contributed by atoms with Crippen molar-refractivity contribution in [3.05, 3.63) is 80.7 Å². The van der Waals surface area contributed by atoms with E-state index >= 15 is 0 Å². The molecule has 0 amide bonds. The third-order valence-corrected chi connectivity index (χ3v) is 16.2. The molecule has 0 bridgehead atoms. The minimum absolute atomic E-state index is 0.171. The summed E-state index contributed by atoms with van der Waals surface area (Å²) < 4.78 is 15.0. The van der Waals surface area contributed by atoms with E-state index in [4.69, 9.17) is 4.74 Å². The fourth-order valence-electron chi connectivity index (χ4n) is 5.60. The maximum absolute atomic E-state index is 12.3. The van der Waals surface area contributed by atoms with Gasteiger partial charge in [-0.2, -0.15) is 0 Å². The van der Waals surface area contributed by atoms with Gasteiger partial charge in [-0.1, -0.05) is 32.6 Å². The van der Waals surface area contributed by atoms with E-state index in [0.29, 0.717) is 0 Å². The molecule has 0 saturated heterocycles. The van der Waals surface area contributed by atoms with Gasteiger partial charge in [-0.3, -0.25) is 0 Å². The molecule has 0 fully saturated rings. The standard InChI is InChI=1S/C36H42O2S2Te2/c1-3-4-5-6-7-8-9-10-11-12-14-26-16-18-27(19-17-26)33-21-20-29(42-33)24-31-30(25-37)35-36(39-31)34(38-2)32(40-35)23-28-15-13-22-41-28/h13,15-22,25H,3-12,14,23-24H2,1-2H3. The molecule has 0 saturated carbocycles. The van der Waals surface area contributed by atoms with Crippen LogP contribution < -0.4 is 4.74 Å². The zero-order chi connectivity index (χ0) is 29.1. The second-order valence-corrected chi connectivity index (χ2v) is 19.6. The second kappa shape index (κ2) is 16.8. The SMILES string of the molecule is CCCCCCCCCCCCc1ccc(-c2ccc(Cc3sc4c(OC)c(Cc5ccc[te]5)sc4c3C=O)[te]2)cc1. The minimum atomic E-state index is -0.429. The van der Waals surface area contributed by atoms with E-state index in [-0.39, 0.29) is 20.4 Å². The Bertz CT molecular complexity index is 1520. The summed E-state index contributed by atoms with van der Waals surface area (Å²) >= 11 is 2.93. The van der Waals surface area contributed by atoms with Crippen LogP contribution in [0.15, 0.2) is 52.6 Å². The Morgan fingerprint density at radius 2 is 1.45 bits per heavy atom. The van der Waals surface area contributed by atoms with Gasteiger partial charge in [0.05, 0.1) is 0 Å². The monoisotopic (exact) mass is 830 g/mol. The summed E-state index contributed by atoms with van der Waals surface area (Å²) in [6.07, 6.45) is 18.0. The normalized spacial score (nSPS) is 11.5. The summed E-state index contributed by atoms with van der Waals surface area (Å²) in [6, 6.07) is 18.5. The van der Waals surface area contributed by atoms with Crippen molar-refractivity contribution in [3.63, 3.8) is 0 Å². The molecule has 5 aromatic rings. The quantitative estimate of drug-likeness (QED) is 0.0500. The topological polar surface area (TPSA) is 26.3 Å². The number of carbonyl (C=O) groups excluding carboxylic acids is 1. The van der Waals surface area contributed by atoms with Crippen LogP contribution >= 0.6 is 22.7 Å². The molecule has 0 spiro atoms. The summed E-state index contributed by atoms with van der Waals surface area (Å²) in [7, 11) is 1.77. The molecule has 1 aromatic carbocycles. The number of aldehydes is 1. The number of fused-ring (bicyclic) bond motifs is 1. The van der Waals surface area contributed by atoms with Crippen LogP contribution in [0.3, 0.4) is 0 Å².